The van der Waals surface area contributed by atoms with Gasteiger partial charge in [0.2, 0.25) is 0 Å². The number of nitro groups is 1. The zero-order chi connectivity index (χ0) is 11.4. The number of nitrogens with zero attached hydrogens (tertiary/aromatic N) is 2. The molecular weight excluding hydrogens is 192 g/mol. The van der Waals surface area contributed by atoms with E-state index in [0.29, 0.717) is 6.04 Å². The van der Waals surface area contributed by atoms with E-state index in [-0.39, 0.29) is 10.6 Å². The summed E-state index contributed by atoms with van der Waals surface area (Å²) in [6.07, 6.45) is 1.05. The van der Waals surface area contributed by atoms with Crippen molar-refractivity contribution in [3.05, 3.63) is 34.4 Å². The Morgan fingerprint density at radius 2 is 1.93 bits per heavy atom. The summed E-state index contributed by atoms with van der Waals surface area (Å²) < 4.78 is 0. The highest BCUT2D eigenvalue weighted by Crippen LogP contribution is 2.20. The van der Waals surface area contributed by atoms with Gasteiger partial charge in [0, 0.05) is 30.9 Å². The van der Waals surface area contributed by atoms with Crippen molar-refractivity contribution in [1.29, 1.82) is 0 Å². The first-order valence-corrected chi connectivity index (χ1v) is 5.03. The predicted octanol–water partition coefficient (Wildman–Crippen LogP) is 2.83. The van der Waals surface area contributed by atoms with Gasteiger partial charge < -0.3 is 4.90 Å². The molecule has 0 spiro atoms. The van der Waals surface area contributed by atoms with Crippen LogP contribution < -0.4 is 4.90 Å². The Balaban J connectivity index is 2.84. The van der Waals surface area contributed by atoms with Gasteiger partial charge in [0.05, 0.1) is 4.92 Å². The topological polar surface area (TPSA) is 46.4 Å². The molecular formula is C11H16N2O2. The lowest BCUT2D eigenvalue weighted by molar-refractivity contribution is -0.384. The van der Waals surface area contributed by atoms with Crippen molar-refractivity contribution in [3.8, 4) is 0 Å². The molecule has 0 aromatic heterocycles. The van der Waals surface area contributed by atoms with Crippen molar-refractivity contribution in [2.75, 3.05) is 11.9 Å². The molecule has 0 bridgehead atoms. The Hall–Kier alpha value is -1.58. The maximum absolute atomic E-state index is 10.5. The summed E-state index contributed by atoms with van der Waals surface area (Å²) in [5, 5.41) is 10.5. The first-order valence-electron chi connectivity index (χ1n) is 5.03. The Morgan fingerprint density at radius 1 is 1.40 bits per heavy atom. The SMILES string of the molecule is CCC(C)N(C)c1ccc([N+](=O)[O-])cc1. The summed E-state index contributed by atoms with van der Waals surface area (Å²) in [6, 6.07) is 7.07. The fraction of sp³-hybridized carbons (Fsp3) is 0.455. The molecule has 1 atom stereocenters. The summed E-state index contributed by atoms with van der Waals surface area (Å²) in [4.78, 5) is 12.2. The Labute approximate surface area is 89.7 Å². The van der Waals surface area contributed by atoms with Crippen LogP contribution in [0, 0.1) is 10.1 Å². The van der Waals surface area contributed by atoms with Crippen LogP contribution in [-0.4, -0.2) is 18.0 Å². The van der Waals surface area contributed by atoms with E-state index in [1.807, 2.05) is 7.05 Å². The van der Waals surface area contributed by atoms with Crippen molar-refractivity contribution >= 4 is 11.4 Å². The third kappa shape index (κ3) is 2.68. The smallest absolute Gasteiger partial charge is 0.269 e. The van der Waals surface area contributed by atoms with Crippen LogP contribution in [0.15, 0.2) is 24.3 Å². The van der Waals surface area contributed by atoms with Crippen LogP contribution >= 0.6 is 0 Å². The molecule has 15 heavy (non-hydrogen) atoms. The molecule has 0 heterocycles. The highest BCUT2D eigenvalue weighted by molar-refractivity contribution is 5.50. The average Bonchev–Trinajstić information content (AvgIpc) is 2.27. The largest absolute Gasteiger partial charge is 0.372 e. The molecule has 0 N–H and O–H groups in total. The predicted molar refractivity (Wildman–Crippen MR) is 61.3 cm³/mol. The van der Waals surface area contributed by atoms with Crippen LogP contribution in [0.1, 0.15) is 20.3 Å². The van der Waals surface area contributed by atoms with Gasteiger partial charge in [-0.15, -0.1) is 0 Å². The number of rotatable bonds is 4. The molecule has 0 aliphatic carbocycles. The average molecular weight is 208 g/mol. The Morgan fingerprint density at radius 3 is 2.33 bits per heavy atom. The fourth-order valence-electron chi connectivity index (χ4n) is 1.34. The quantitative estimate of drug-likeness (QED) is 0.564. The summed E-state index contributed by atoms with van der Waals surface area (Å²) in [7, 11) is 2.00. The molecule has 1 unspecified atom stereocenters. The van der Waals surface area contributed by atoms with Crippen molar-refractivity contribution in [3.63, 3.8) is 0 Å². The lowest BCUT2D eigenvalue weighted by Crippen LogP contribution is -2.27. The third-order valence-corrected chi connectivity index (χ3v) is 2.72. The maximum Gasteiger partial charge on any atom is 0.269 e. The molecule has 0 saturated carbocycles. The fourth-order valence-corrected chi connectivity index (χ4v) is 1.34. The van der Waals surface area contributed by atoms with Crippen molar-refractivity contribution in [1.82, 2.24) is 0 Å². The summed E-state index contributed by atoms with van der Waals surface area (Å²) in [5.74, 6) is 0. The Bertz CT molecular complexity index is 335. The van der Waals surface area contributed by atoms with Gasteiger partial charge in [0.1, 0.15) is 0 Å². The monoisotopic (exact) mass is 208 g/mol. The van der Waals surface area contributed by atoms with Crippen LogP contribution in [0.3, 0.4) is 0 Å². The molecule has 0 amide bonds. The molecule has 1 aromatic carbocycles. The number of non-ortho nitro benzene ring substituents is 1. The van der Waals surface area contributed by atoms with Crippen LogP contribution in [0.2, 0.25) is 0 Å². The molecule has 0 aliphatic rings. The van der Waals surface area contributed by atoms with E-state index in [1.54, 1.807) is 12.1 Å². The van der Waals surface area contributed by atoms with E-state index in [0.717, 1.165) is 12.1 Å². The highest BCUT2D eigenvalue weighted by atomic mass is 16.6. The highest BCUT2D eigenvalue weighted by Gasteiger charge is 2.09. The summed E-state index contributed by atoms with van der Waals surface area (Å²) >= 11 is 0. The number of hydrogen-bond acceptors (Lipinski definition) is 3. The standard InChI is InChI=1S/C11H16N2O2/c1-4-9(2)12(3)10-5-7-11(8-6-10)13(14)15/h5-9H,4H2,1-3H3. The lowest BCUT2D eigenvalue weighted by Gasteiger charge is -2.25. The van der Waals surface area contributed by atoms with Crippen LogP contribution in [0.25, 0.3) is 0 Å². The maximum atomic E-state index is 10.5. The zero-order valence-corrected chi connectivity index (χ0v) is 9.30. The van der Waals surface area contributed by atoms with Gasteiger partial charge in [0.25, 0.3) is 5.69 Å². The molecule has 1 rings (SSSR count). The Kier molecular flexibility index (Phi) is 3.66. The second-order valence-electron chi connectivity index (χ2n) is 3.64. The minimum Gasteiger partial charge on any atom is -0.372 e. The molecule has 0 radical (unpaired) electrons. The number of hydrogen-bond donors (Lipinski definition) is 0. The number of nitro benzene ring substituents is 1. The normalized spacial score (nSPS) is 12.2. The van der Waals surface area contributed by atoms with E-state index < -0.39 is 0 Å². The minimum absolute atomic E-state index is 0.135. The van der Waals surface area contributed by atoms with E-state index in [2.05, 4.69) is 18.7 Å². The van der Waals surface area contributed by atoms with Crippen molar-refractivity contribution < 1.29 is 4.92 Å². The summed E-state index contributed by atoms with van der Waals surface area (Å²) in [6.45, 7) is 4.24. The van der Waals surface area contributed by atoms with E-state index >= 15 is 0 Å². The molecule has 1 aromatic rings. The molecule has 82 valence electrons. The minimum atomic E-state index is -0.382. The van der Waals surface area contributed by atoms with Gasteiger partial charge in [-0.25, -0.2) is 0 Å². The molecule has 0 saturated heterocycles. The lowest BCUT2D eigenvalue weighted by atomic mass is 10.2. The van der Waals surface area contributed by atoms with Gasteiger partial charge in [-0.3, -0.25) is 10.1 Å². The summed E-state index contributed by atoms with van der Waals surface area (Å²) in [5.41, 5.74) is 1.14. The first kappa shape index (κ1) is 11.5. The first-order chi connectivity index (χ1) is 7.06. The van der Waals surface area contributed by atoms with Crippen molar-refractivity contribution in [2.45, 2.75) is 26.3 Å². The van der Waals surface area contributed by atoms with E-state index in [9.17, 15) is 10.1 Å². The van der Waals surface area contributed by atoms with Crippen LogP contribution in [0.4, 0.5) is 11.4 Å². The molecule has 4 nitrogen and oxygen atoms in total. The zero-order valence-electron chi connectivity index (χ0n) is 9.30. The van der Waals surface area contributed by atoms with Crippen LogP contribution in [0.5, 0.6) is 0 Å². The van der Waals surface area contributed by atoms with Gasteiger partial charge in [-0.1, -0.05) is 6.92 Å². The molecule has 0 aliphatic heterocycles. The molecule has 0 fully saturated rings. The van der Waals surface area contributed by atoms with Crippen molar-refractivity contribution in [2.24, 2.45) is 0 Å². The van der Waals surface area contributed by atoms with Gasteiger partial charge in [-0.2, -0.15) is 0 Å². The number of benzene rings is 1. The van der Waals surface area contributed by atoms with Gasteiger partial charge in [0.15, 0.2) is 0 Å². The molecule has 4 heteroatoms. The second-order valence-corrected chi connectivity index (χ2v) is 3.64. The van der Waals surface area contributed by atoms with Gasteiger partial charge in [-0.05, 0) is 25.5 Å². The van der Waals surface area contributed by atoms with E-state index in [4.69, 9.17) is 0 Å². The van der Waals surface area contributed by atoms with E-state index in [1.165, 1.54) is 12.1 Å². The third-order valence-electron chi connectivity index (χ3n) is 2.72. The van der Waals surface area contributed by atoms with Gasteiger partial charge >= 0.3 is 0 Å². The van der Waals surface area contributed by atoms with Crippen LogP contribution in [-0.2, 0) is 0 Å². The second kappa shape index (κ2) is 4.77. The number of anilines is 1.